The predicted octanol–water partition coefficient (Wildman–Crippen LogP) is 6.08. The van der Waals surface area contributed by atoms with Crippen LogP contribution >= 0.6 is 23.5 Å². The molecule has 2 rings (SSSR count). The molecule has 0 saturated carbocycles. The summed E-state index contributed by atoms with van der Waals surface area (Å²) in [7, 11) is 0. The molecule has 0 fully saturated rings. The number of thioether (sulfide) groups is 2. The van der Waals surface area contributed by atoms with Gasteiger partial charge < -0.3 is 0 Å². The van der Waals surface area contributed by atoms with E-state index in [9.17, 15) is 0 Å². The molecule has 2 unspecified atom stereocenters. The summed E-state index contributed by atoms with van der Waals surface area (Å²) in [6.07, 6.45) is 12.4. The van der Waals surface area contributed by atoms with Gasteiger partial charge in [0.1, 0.15) is 0 Å². The van der Waals surface area contributed by atoms with Crippen LogP contribution in [0, 0.1) is 0 Å². The van der Waals surface area contributed by atoms with E-state index >= 15 is 0 Å². The van der Waals surface area contributed by atoms with Gasteiger partial charge in [0, 0.05) is 15.1 Å². The van der Waals surface area contributed by atoms with Crippen molar-refractivity contribution in [3.63, 3.8) is 0 Å². The van der Waals surface area contributed by atoms with E-state index in [0.29, 0.717) is 5.25 Å². The summed E-state index contributed by atoms with van der Waals surface area (Å²) in [5.74, 6) is 0. The van der Waals surface area contributed by atoms with E-state index in [1.807, 2.05) is 23.5 Å². The second kappa shape index (κ2) is 7.24. The molecule has 20 heavy (non-hydrogen) atoms. The molecule has 0 bridgehead atoms. The van der Waals surface area contributed by atoms with E-state index in [1.165, 1.54) is 16.2 Å². The molecule has 0 N–H and O–H groups in total. The minimum atomic E-state index is 0.0145. The van der Waals surface area contributed by atoms with E-state index in [4.69, 9.17) is 0 Å². The van der Waals surface area contributed by atoms with Gasteiger partial charge in [-0.15, -0.1) is 23.5 Å². The zero-order chi connectivity index (χ0) is 14.4. The van der Waals surface area contributed by atoms with Crippen LogP contribution in [0.2, 0.25) is 0 Å². The first kappa shape index (κ1) is 15.5. The molecule has 0 aliphatic heterocycles. The molecule has 0 spiro atoms. The van der Waals surface area contributed by atoms with Crippen molar-refractivity contribution in [3.05, 3.63) is 65.6 Å². The zero-order valence-corrected chi connectivity index (χ0v) is 14.0. The van der Waals surface area contributed by atoms with Crippen LogP contribution in [0.15, 0.2) is 70.5 Å². The lowest BCUT2D eigenvalue weighted by Crippen LogP contribution is -2.13. The fourth-order valence-electron chi connectivity index (χ4n) is 1.97. The molecule has 0 nitrogen and oxygen atoms in total. The SMILES string of the molecule is CCC(C)SC1=CC(C)(Sc2ccccc2)C=CC=C1. The molecular weight excluding hydrogens is 280 g/mol. The van der Waals surface area contributed by atoms with Crippen molar-refractivity contribution in [1.82, 2.24) is 0 Å². The van der Waals surface area contributed by atoms with Gasteiger partial charge in [0.2, 0.25) is 0 Å². The minimum absolute atomic E-state index is 0.0145. The second-order valence-electron chi connectivity index (χ2n) is 5.20. The van der Waals surface area contributed by atoms with Crippen molar-refractivity contribution in [2.45, 2.75) is 42.1 Å². The molecule has 1 aliphatic rings. The van der Waals surface area contributed by atoms with Gasteiger partial charge in [-0.05, 0) is 31.6 Å². The average Bonchev–Trinajstić information content (AvgIpc) is 2.61. The van der Waals surface area contributed by atoms with Gasteiger partial charge in [-0.25, -0.2) is 0 Å². The molecule has 1 aromatic rings. The largest absolute Gasteiger partial charge is 0.123 e. The van der Waals surface area contributed by atoms with Crippen molar-refractivity contribution in [1.29, 1.82) is 0 Å². The maximum Gasteiger partial charge on any atom is 0.0554 e. The number of rotatable bonds is 5. The monoisotopic (exact) mass is 302 g/mol. The van der Waals surface area contributed by atoms with Gasteiger partial charge in [-0.1, -0.05) is 56.4 Å². The molecule has 106 valence electrons. The summed E-state index contributed by atoms with van der Waals surface area (Å²) in [4.78, 5) is 2.68. The zero-order valence-electron chi connectivity index (χ0n) is 12.4. The first-order valence-corrected chi connectivity index (χ1v) is 8.80. The fraction of sp³-hybridized carbons (Fsp3) is 0.333. The highest BCUT2D eigenvalue weighted by Gasteiger charge is 2.21. The van der Waals surface area contributed by atoms with Gasteiger partial charge in [0.05, 0.1) is 4.75 Å². The third-order valence-corrected chi connectivity index (χ3v) is 5.68. The molecule has 0 saturated heterocycles. The summed E-state index contributed by atoms with van der Waals surface area (Å²) in [6, 6.07) is 10.6. The number of benzene rings is 1. The van der Waals surface area contributed by atoms with Crippen molar-refractivity contribution < 1.29 is 0 Å². The predicted molar refractivity (Wildman–Crippen MR) is 94.4 cm³/mol. The van der Waals surface area contributed by atoms with Crippen LogP contribution < -0.4 is 0 Å². The van der Waals surface area contributed by atoms with Crippen LogP contribution in [0.4, 0.5) is 0 Å². The summed E-state index contributed by atoms with van der Waals surface area (Å²) >= 11 is 3.87. The lowest BCUT2D eigenvalue weighted by Gasteiger charge is -2.22. The molecule has 0 radical (unpaired) electrons. The number of allylic oxidation sites excluding steroid dienone is 3. The van der Waals surface area contributed by atoms with Gasteiger partial charge in [-0.2, -0.15) is 0 Å². The maximum absolute atomic E-state index is 2.39. The summed E-state index contributed by atoms with van der Waals surface area (Å²) in [6.45, 7) is 6.82. The molecule has 1 aromatic carbocycles. The molecule has 2 atom stereocenters. The van der Waals surface area contributed by atoms with Gasteiger partial charge in [0.15, 0.2) is 0 Å². The third-order valence-electron chi connectivity index (χ3n) is 3.22. The Balaban J connectivity index is 2.18. The van der Waals surface area contributed by atoms with Gasteiger partial charge >= 0.3 is 0 Å². The quantitative estimate of drug-likeness (QED) is 0.646. The van der Waals surface area contributed by atoms with E-state index < -0.39 is 0 Å². The highest BCUT2D eigenvalue weighted by molar-refractivity contribution is 8.04. The van der Waals surface area contributed by atoms with Gasteiger partial charge in [-0.3, -0.25) is 0 Å². The Labute approximate surface area is 131 Å². The van der Waals surface area contributed by atoms with E-state index in [-0.39, 0.29) is 4.75 Å². The van der Waals surface area contributed by atoms with E-state index in [0.717, 1.165) is 0 Å². The normalized spacial score (nSPS) is 23.2. The highest BCUT2D eigenvalue weighted by atomic mass is 32.2. The molecular formula is C18H22S2. The van der Waals surface area contributed by atoms with Crippen LogP contribution in [0.25, 0.3) is 0 Å². The highest BCUT2D eigenvalue weighted by Crippen LogP contribution is 2.39. The molecule has 2 heteroatoms. The Morgan fingerprint density at radius 2 is 1.90 bits per heavy atom. The topological polar surface area (TPSA) is 0 Å². The van der Waals surface area contributed by atoms with Crippen LogP contribution in [0.1, 0.15) is 27.2 Å². The molecule has 0 aromatic heterocycles. The Hall–Kier alpha value is -0.860. The lowest BCUT2D eigenvalue weighted by molar-refractivity contribution is 0.908. The fourth-order valence-corrected chi connectivity index (χ4v) is 4.28. The van der Waals surface area contributed by atoms with Crippen LogP contribution in [0.3, 0.4) is 0 Å². The Kier molecular flexibility index (Phi) is 5.62. The van der Waals surface area contributed by atoms with E-state index in [2.05, 4.69) is 81.5 Å². The van der Waals surface area contributed by atoms with Crippen molar-refractivity contribution in [2.75, 3.05) is 0 Å². The standard InChI is InChI=1S/C18H22S2/c1-4-15(2)19-17-12-8-9-13-18(3,14-17)20-16-10-6-5-7-11-16/h5-15H,4H2,1-3H3. The Morgan fingerprint density at radius 1 is 1.15 bits per heavy atom. The molecule has 0 heterocycles. The van der Waals surface area contributed by atoms with Crippen LogP contribution in [0.5, 0.6) is 0 Å². The Morgan fingerprint density at radius 3 is 2.60 bits per heavy atom. The third kappa shape index (κ3) is 4.60. The average molecular weight is 303 g/mol. The summed E-state index contributed by atoms with van der Waals surface area (Å²) < 4.78 is 0.0145. The molecule has 1 aliphatic carbocycles. The first-order chi connectivity index (χ1) is 9.61. The minimum Gasteiger partial charge on any atom is -0.123 e. The smallest absolute Gasteiger partial charge is 0.0554 e. The lowest BCUT2D eigenvalue weighted by atomic mass is 10.1. The van der Waals surface area contributed by atoms with Crippen LogP contribution in [-0.2, 0) is 0 Å². The Bertz CT molecular complexity index is 513. The number of hydrogen-bond donors (Lipinski definition) is 0. The van der Waals surface area contributed by atoms with Gasteiger partial charge in [0.25, 0.3) is 0 Å². The maximum atomic E-state index is 2.39. The summed E-state index contributed by atoms with van der Waals surface area (Å²) in [5, 5.41) is 0.662. The van der Waals surface area contributed by atoms with Crippen molar-refractivity contribution >= 4 is 23.5 Å². The molecule has 0 amide bonds. The summed E-state index contributed by atoms with van der Waals surface area (Å²) in [5.41, 5.74) is 0. The van der Waals surface area contributed by atoms with E-state index in [1.54, 1.807) is 0 Å². The first-order valence-electron chi connectivity index (χ1n) is 7.11. The van der Waals surface area contributed by atoms with Crippen LogP contribution in [-0.4, -0.2) is 10.00 Å². The van der Waals surface area contributed by atoms with Crippen molar-refractivity contribution in [2.24, 2.45) is 0 Å². The number of hydrogen-bond acceptors (Lipinski definition) is 2. The van der Waals surface area contributed by atoms with Crippen molar-refractivity contribution in [3.8, 4) is 0 Å². The second-order valence-corrected chi connectivity index (χ2v) is 8.27.